The highest BCUT2D eigenvalue weighted by Gasteiger charge is 2.44. The number of nitrogens with one attached hydrogen (secondary N) is 1. The second kappa shape index (κ2) is 10.2. The molecule has 2 N–H and O–H groups in total. The summed E-state index contributed by atoms with van der Waals surface area (Å²) in [6.45, 7) is 4.88. The largest absolute Gasteiger partial charge is 0.494 e. The van der Waals surface area contributed by atoms with Gasteiger partial charge in [0, 0.05) is 36.6 Å². The van der Waals surface area contributed by atoms with E-state index in [1.807, 2.05) is 91.9 Å². The number of hydrogen-bond donors (Lipinski definition) is 2. The van der Waals surface area contributed by atoms with Gasteiger partial charge in [0.05, 0.1) is 23.4 Å². The number of β-amino-alcohol motifs (C(OH)–C–C–N with tert-alkyl or cyclic N) is 1. The zero-order valence-corrected chi connectivity index (χ0v) is 21.6. The Labute approximate surface area is 223 Å². The molecule has 1 saturated carbocycles. The van der Waals surface area contributed by atoms with E-state index in [0.717, 1.165) is 52.9 Å². The van der Waals surface area contributed by atoms with Crippen molar-refractivity contribution in [1.29, 1.82) is 0 Å². The van der Waals surface area contributed by atoms with Gasteiger partial charge in [0.1, 0.15) is 11.4 Å². The zero-order chi connectivity index (χ0) is 26.1. The van der Waals surface area contributed by atoms with E-state index in [1.54, 1.807) is 0 Å². The molecule has 1 saturated heterocycles. The van der Waals surface area contributed by atoms with Gasteiger partial charge < -0.3 is 15.2 Å². The summed E-state index contributed by atoms with van der Waals surface area (Å²) in [5, 5.41) is 15.0. The summed E-state index contributed by atoms with van der Waals surface area (Å²) in [4.78, 5) is 20.6. The van der Waals surface area contributed by atoms with Crippen LogP contribution in [0.15, 0.2) is 84.9 Å². The molecule has 3 aromatic carbocycles. The Hall–Kier alpha value is -3.74. The smallest absolute Gasteiger partial charge is 0.252 e. The van der Waals surface area contributed by atoms with Gasteiger partial charge in [-0.25, -0.2) is 4.98 Å². The fraction of sp³-hybridized carbons (Fsp3) is 0.312. The van der Waals surface area contributed by atoms with Gasteiger partial charge in [-0.2, -0.15) is 0 Å². The molecule has 0 radical (unpaired) electrons. The molecule has 6 nitrogen and oxygen atoms in total. The highest BCUT2D eigenvalue weighted by molar-refractivity contribution is 6.07. The van der Waals surface area contributed by atoms with E-state index in [4.69, 9.17) is 9.72 Å². The first-order valence-electron chi connectivity index (χ1n) is 13.4. The van der Waals surface area contributed by atoms with Crippen LogP contribution in [0, 0.1) is 5.92 Å². The number of rotatable bonds is 8. The fourth-order valence-electron chi connectivity index (χ4n) is 5.78. The number of nitrogens with zero attached hydrogens (tertiary/aromatic N) is 2. The monoisotopic (exact) mass is 507 g/mol. The lowest BCUT2D eigenvalue weighted by molar-refractivity contribution is -0.112. The number of carbonyl (C=O) groups is 1. The van der Waals surface area contributed by atoms with E-state index in [0.29, 0.717) is 31.2 Å². The van der Waals surface area contributed by atoms with Crippen LogP contribution < -0.4 is 10.1 Å². The summed E-state index contributed by atoms with van der Waals surface area (Å²) < 4.78 is 5.57. The van der Waals surface area contributed by atoms with Crippen molar-refractivity contribution >= 4 is 16.8 Å². The molecule has 0 unspecified atom stereocenters. The quantitative estimate of drug-likeness (QED) is 0.351. The van der Waals surface area contributed by atoms with Gasteiger partial charge >= 0.3 is 0 Å². The molecule has 4 aromatic rings. The number of pyridine rings is 1. The minimum atomic E-state index is -0.734. The normalized spacial score (nSPS) is 20.4. The lowest BCUT2D eigenvalue weighted by atomic mass is 9.77. The van der Waals surface area contributed by atoms with E-state index < -0.39 is 5.60 Å². The lowest BCUT2D eigenvalue weighted by Gasteiger charge is -2.50. The van der Waals surface area contributed by atoms with Crippen LogP contribution >= 0.6 is 0 Å². The van der Waals surface area contributed by atoms with Crippen LogP contribution in [-0.2, 0) is 5.60 Å². The SMILES string of the molecule is CCOc1ccc(-c2cc(C(=O)NC3CC(CN4CC(O)(c5ccccc5)C4)C3)c3ccccc3n2)cc1. The third-order valence-electron chi connectivity index (χ3n) is 7.79. The number of likely N-dealkylation sites (tertiary alicyclic amines) is 1. The van der Waals surface area contributed by atoms with Crippen molar-refractivity contribution in [3.8, 4) is 17.0 Å². The molecule has 0 spiro atoms. The van der Waals surface area contributed by atoms with E-state index in [9.17, 15) is 9.90 Å². The van der Waals surface area contributed by atoms with Gasteiger partial charge in [0.15, 0.2) is 0 Å². The average molecular weight is 508 g/mol. The Bertz CT molecular complexity index is 1430. The Morgan fingerprint density at radius 1 is 1.03 bits per heavy atom. The molecule has 2 aliphatic rings. The van der Waals surface area contributed by atoms with Crippen LogP contribution in [0.1, 0.15) is 35.7 Å². The highest BCUT2D eigenvalue weighted by atomic mass is 16.5. The topological polar surface area (TPSA) is 74.7 Å². The van der Waals surface area contributed by atoms with E-state index in [-0.39, 0.29) is 11.9 Å². The third kappa shape index (κ3) is 4.89. The van der Waals surface area contributed by atoms with Gasteiger partial charge in [0.25, 0.3) is 5.91 Å². The first kappa shape index (κ1) is 24.6. The van der Waals surface area contributed by atoms with E-state index in [2.05, 4.69) is 10.2 Å². The number of hydrogen-bond acceptors (Lipinski definition) is 5. The summed E-state index contributed by atoms with van der Waals surface area (Å²) in [5.74, 6) is 1.30. The van der Waals surface area contributed by atoms with Gasteiger partial charge in [0.2, 0.25) is 0 Å². The number of benzene rings is 3. The van der Waals surface area contributed by atoms with E-state index >= 15 is 0 Å². The van der Waals surface area contributed by atoms with Crippen LogP contribution in [-0.4, -0.2) is 53.2 Å². The van der Waals surface area contributed by atoms with Crippen molar-refractivity contribution in [2.24, 2.45) is 5.92 Å². The van der Waals surface area contributed by atoms with Crippen LogP contribution in [0.2, 0.25) is 0 Å². The Kier molecular flexibility index (Phi) is 6.60. The number of para-hydroxylation sites is 1. The summed E-state index contributed by atoms with van der Waals surface area (Å²) in [7, 11) is 0. The molecule has 2 heterocycles. The van der Waals surface area contributed by atoms with Crippen molar-refractivity contribution < 1.29 is 14.6 Å². The summed E-state index contributed by atoms with van der Waals surface area (Å²) >= 11 is 0. The maximum atomic E-state index is 13.4. The number of amides is 1. The predicted octanol–water partition coefficient (Wildman–Crippen LogP) is 5.01. The third-order valence-corrected chi connectivity index (χ3v) is 7.79. The summed E-state index contributed by atoms with van der Waals surface area (Å²) in [5.41, 5.74) is 3.43. The standard InChI is InChI=1S/C32H33N3O3/c1-2-38-26-14-12-23(13-15-26)30-18-28(27-10-6-7-11-29(27)34-30)31(36)33-25-16-22(17-25)19-35-20-32(37,21-35)24-8-4-3-5-9-24/h3-15,18,22,25,37H,2,16-17,19-21H2,1H3,(H,33,36). The van der Waals surface area contributed by atoms with Crippen molar-refractivity contribution in [3.63, 3.8) is 0 Å². The fourth-order valence-corrected chi connectivity index (χ4v) is 5.78. The van der Waals surface area contributed by atoms with Crippen LogP contribution in [0.5, 0.6) is 5.75 Å². The molecule has 38 heavy (non-hydrogen) atoms. The minimum Gasteiger partial charge on any atom is -0.494 e. The number of ether oxygens (including phenoxy) is 1. The average Bonchev–Trinajstić information content (AvgIpc) is 2.91. The van der Waals surface area contributed by atoms with Crippen LogP contribution in [0.3, 0.4) is 0 Å². The number of aliphatic hydroxyl groups is 1. The molecule has 0 atom stereocenters. The maximum Gasteiger partial charge on any atom is 0.252 e. The van der Waals surface area contributed by atoms with Gasteiger partial charge in [-0.05, 0) is 67.6 Å². The molecule has 0 bridgehead atoms. The molecule has 6 rings (SSSR count). The van der Waals surface area contributed by atoms with Crippen molar-refractivity contribution in [2.75, 3.05) is 26.2 Å². The molecular weight excluding hydrogens is 474 g/mol. The number of aromatic nitrogens is 1. The molecule has 1 aliphatic carbocycles. The first-order chi connectivity index (χ1) is 18.5. The highest BCUT2D eigenvalue weighted by Crippen LogP contribution is 2.36. The minimum absolute atomic E-state index is 0.0540. The molecule has 1 aliphatic heterocycles. The number of fused-ring (bicyclic) bond motifs is 1. The second-order valence-electron chi connectivity index (χ2n) is 10.6. The second-order valence-corrected chi connectivity index (χ2v) is 10.6. The van der Waals surface area contributed by atoms with Crippen molar-refractivity contribution in [2.45, 2.75) is 31.4 Å². The molecule has 2 fully saturated rings. The summed E-state index contributed by atoms with van der Waals surface area (Å²) in [6, 6.07) is 27.6. The predicted molar refractivity (Wildman–Crippen MR) is 149 cm³/mol. The Morgan fingerprint density at radius 3 is 2.47 bits per heavy atom. The molecular formula is C32H33N3O3. The lowest BCUT2D eigenvalue weighted by Crippen LogP contribution is -2.61. The molecule has 194 valence electrons. The Morgan fingerprint density at radius 2 is 1.74 bits per heavy atom. The Balaban J connectivity index is 1.09. The molecule has 1 aromatic heterocycles. The van der Waals surface area contributed by atoms with Gasteiger partial charge in [-0.3, -0.25) is 9.69 Å². The van der Waals surface area contributed by atoms with Gasteiger partial charge in [-0.15, -0.1) is 0 Å². The van der Waals surface area contributed by atoms with Crippen molar-refractivity contribution in [1.82, 2.24) is 15.2 Å². The van der Waals surface area contributed by atoms with Crippen LogP contribution in [0.4, 0.5) is 0 Å². The molecule has 6 heteroatoms. The first-order valence-corrected chi connectivity index (χ1v) is 13.4. The number of carbonyl (C=O) groups excluding carboxylic acids is 1. The molecule has 1 amide bonds. The van der Waals surface area contributed by atoms with Crippen LogP contribution in [0.25, 0.3) is 22.2 Å². The van der Waals surface area contributed by atoms with E-state index in [1.165, 1.54) is 0 Å². The zero-order valence-electron chi connectivity index (χ0n) is 21.6. The van der Waals surface area contributed by atoms with Gasteiger partial charge in [-0.1, -0.05) is 48.5 Å². The summed E-state index contributed by atoms with van der Waals surface area (Å²) in [6.07, 6.45) is 1.92. The van der Waals surface area contributed by atoms with Crippen molar-refractivity contribution in [3.05, 3.63) is 96.1 Å². The maximum absolute atomic E-state index is 13.4.